The molecule has 4 rings (SSSR count). The van der Waals surface area contributed by atoms with Crippen molar-refractivity contribution in [3.05, 3.63) is 60.0 Å². The molecule has 1 aromatic heterocycles. The summed E-state index contributed by atoms with van der Waals surface area (Å²) in [6.07, 6.45) is 3.71. The summed E-state index contributed by atoms with van der Waals surface area (Å²) in [6, 6.07) is 14.4. The molecule has 2 aromatic rings. The lowest BCUT2D eigenvalue weighted by Crippen LogP contribution is -2.45. The van der Waals surface area contributed by atoms with Gasteiger partial charge in [0.25, 0.3) is 0 Å². The minimum absolute atomic E-state index is 0. The maximum Gasteiger partial charge on any atom is 0.191 e. The maximum absolute atomic E-state index is 14.0. The van der Waals surface area contributed by atoms with Crippen LogP contribution >= 0.6 is 24.0 Å². The smallest absolute Gasteiger partial charge is 0.191 e. The lowest BCUT2D eigenvalue weighted by Gasteiger charge is -2.20. The van der Waals surface area contributed by atoms with Crippen molar-refractivity contribution in [1.29, 1.82) is 0 Å². The predicted octanol–water partition coefficient (Wildman–Crippen LogP) is 3.53. The van der Waals surface area contributed by atoms with E-state index in [0.717, 1.165) is 38.4 Å². The van der Waals surface area contributed by atoms with Crippen molar-refractivity contribution in [2.24, 2.45) is 4.99 Å². The van der Waals surface area contributed by atoms with E-state index in [-0.39, 0.29) is 35.8 Å². The van der Waals surface area contributed by atoms with E-state index in [4.69, 9.17) is 0 Å². The molecule has 7 heteroatoms. The largest absolute Gasteiger partial charge is 0.353 e. The second-order valence-electron chi connectivity index (χ2n) is 7.21. The molecule has 2 aliphatic rings. The Kier molecular flexibility index (Phi) is 7.09. The Balaban J connectivity index is 0.00000225. The van der Waals surface area contributed by atoms with Gasteiger partial charge in [-0.3, -0.25) is 4.99 Å². The minimum Gasteiger partial charge on any atom is -0.353 e. The number of aliphatic imine (C=N–C) groups is 1. The summed E-state index contributed by atoms with van der Waals surface area (Å²) in [5, 5.41) is 7.09. The van der Waals surface area contributed by atoms with Gasteiger partial charge >= 0.3 is 0 Å². The van der Waals surface area contributed by atoms with Crippen molar-refractivity contribution in [2.45, 2.75) is 37.8 Å². The third-order valence-corrected chi connectivity index (χ3v) is 5.22. The summed E-state index contributed by atoms with van der Waals surface area (Å²) in [7, 11) is 0. The molecule has 1 aliphatic heterocycles. The lowest BCUT2D eigenvalue weighted by atomic mass is 10.1. The first-order valence-corrected chi connectivity index (χ1v) is 9.72. The standard InChI is InChI=1S/C21H26FN5.HI/c1-2-23-21(26-19-13-17(19)15-7-4-3-5-8-15)25-16-10-12-27(14-16)20-18(22)9-6-11-24-20;/h3-9,11,16-17,19H,2,10,12-14H2,1H3,(H2,23,25,26);1H. The van der Waals surface area contributed by atoms with Crippen LogP contribution < -0.4 is 15.5 Å². The highest BCUT2D eigenvalue weighted by Gasteiger charge is 2.39. The monoisotopic (exact) mass is 495 g/mol. The van der Waals surface area contributed by atoms with Crippen LogP contribution in [0.15, 0.2) is 53.7 Å². The number of pyridine rings is 1. The Morgan fingerprint density at radius 3 is 2.79 bits per heavy atom. The second-order valence-corrected chi connectivity index (χ2v) is 7.21. The quantitative estimate of drug-likeness (QED) is 0.379. The zero-order chi connectivity index (χ0) is 18.6. The summed E-state index contributed by atoms with van der Waals surface area (Å²) in [4.78, 5) is 10.8. The Labute approximate surface area is 182 Å². The van der Waals surface area contributed by atoms with Crippen molar-refractivity contribution < 1.29 is 4.39 Å². The van der Waals surface area contributed by atoms with Gasteiger partial charge in [0.2, 0.25) is 0 Å². The van der Waals surface area contributed by atoms with E-state index in [1.165, 1.54) is 11.6 Å². The molecule has 0 amide bonds. The zero-order valence-electron chi connectivity index (χ0n) is 16.0. The highest BCUT2D eigenvalue weighted by molar-refractivity contribution is 14.0. The van der Waals surface area contributed by atoms with Crippen LogP contribution in [-0.4, -0.2) is 42.7 Å². The van der Waals surface area contributed by atoms with Crippen LogP contribution in [0.4, 0.5) is 10.2 Å². The molecule has 5 nitrogen and oxygen atoms in total. The van der Waals surface area contributed by atoms with Gasteiger partial charge in [-0.1, -0.05) is 30.3 Å². The molecule has 2 N–H and O–H groups in total. The second kappa shape index (κ2) is 9.54. The van der Waals surface area contributed by atoms with Gasteiger partial charge in [0.15, 0.2) is 17.6 Å². The van der Waals surface area contributed by atoms with E-state index in [0.29, 0.717) is 17.8 Å². The van der Waals surface area contributed by atoms with E-state index in [2.05, 4.69) is 50.9 Å². The Morgan fingerprint density at radius 2 is 2.04 bits per heavy atom. The Morgan fingerprint density at radius 1 is 1.21 bits per heavy atom. The van der Waals surface area contributed by atoms with Gasteiger partial charge in [-0.05, 0) is 37.5 Å². The molecule has 1 saturated heterocycles. The van der Waals surface area contributed by atoms with Crippen LogP contribution in [0, 0.1) is 5.82 Å². The Hall–Kier alpha value is -1.90. The molecule has 1 aliphatic carbocycles. The summed E-state index contributed by atoms with van der Waals surface area (Å²) >= 11 is 0. The lowest BCUT2D eigenvalue weighted by molar-refractivity contribution is 0.612. The van der Waals surface area contributed by atoms with Crippen molar-refractivity contribution in [3.63, 3.8) is 0 Å². The maximum atomic E-state index is 14.0. The van der Waals surface area contributed by atoms with E-state index in [9.17, 15) is 4.39 Å². The number of rotatable bonds is 5. The average Bonchev–Trinajstić information content (AvgIpc) is 3.30. The van der Waals surface area contributed by atoms with E-state index < -0.39 is 0 Å². The SMILES string of the molecule is CCN=C(NC1CCN(c2ncccc2F)C1)NC1CC1c1ccccc1.I. The van der Waals surface area contributed by atoms with Gasteiger partial charge in [-0.2, -0.15) is 0 Å². The average molecular weight is 495 g/mol. The molecule has 3 atom stereocenters. The molecular formula is C21H27FIN5. The van der Waals surface area contributed by atoms with Crippen LogP contribution in [0.25, 0.3) is 0 Å². The van der Waals surface area contributed by atoms with Gasteiger partial charge in [0.1, 0.15) is 0 Å². The number of nitrogens with zero attached hydrogens (tertiary/aromatic N) is 3. The number of nitrogens with one attached hydrogen (secondary N) is 2. The van der Waals surface area contributed by atoms with E-state index >= 15 is 0 Å². The van der Waals surface area contributed by atoms with Crippen LogP contribution in [0.1, 0.15) is 31.2 Å². The number of anilines is 1. The van der Waals surface area contributed by atoms with Crippen LogP contribution in [0.5, 0.6) is 0 Å². The molecule has 2 fully saturated rings. The molecule has 0 radical (unpaired) electrons. The topological polar surface area (TPSA) is 52.6 Å². The number of aromatic nitrogens is 1. The molecule has 0 spiro atoms. The van der Waals surface area contributed by atoms with Crippen LogP contribution in [0.2, 0.25) is 0 Å². The molecule has 2 heterocycles. The van der Waals surface area contributed by atoms with Gasteiger partial charge in [0.05, 0.1) is 0 Å². The first-order valence-electron chi connectivity index (χ1n) is 9.72. The van der Waals surface area contributed by atoms with Crippen molar-refractivity contribution in [2.75, 3.05) is 24.5 Å². The number of hydrogen-bond acceptors (Lipinski definition) is 3. The van der Waals surface area contributed by atoms with Gasteiger partial charge in [0, 0.05) is 43.8 Å². The molecule has 1 aromatic carbocycles. The fourth-order valence-electron chi connectivity index (χ4n) is 3.76. The third-order valence-electron chi connectivity index (χ3n) is 5.22. The molecule has 28 heavy (non-hydrogen) atoms. The zero-order valence-corrected chi connectivity index (χ0v) is 18.3. The number of guanidine groups is 1. The predicted molar refractivity (Wildman–Crippen MR) is 122 cm³/mol. The van der Waals surface area contributed by atoms with Crippen molar-refractivity contribution in [1.82, 2.24) is 15.6 Å². The van der Waals surface area contributed by atoms with Crippen molar-refractivity contribution >= 4 is 35.8 Å². The first-order chi connectivity index (χ1) is 13.2. The molecular weight excluding hydrogens is 468 g/mol. The number of benzene rings is 1. The van der Waals surface area contributed by atoms with Gasteiger partial charge < -0.3 is 15.5 Å². The highest BCUT2D eigenvalue weighted by Crippen LogP contribution is 2.40. The van der Waals surface area contributed by atoms with Crippen LogP contribution in [-0.2, 0) is 0 Å². The number of halogens is 2. The third kappa shape index (κ3) is 4.92. The Bertz CT molecular complexity index is 800. The summed E-state index contributed by atoms with van der Waals surface area (Å²) in [5.41, 5.74) is 1.38. The van der Waals surface area contributed by atoms with E-state index in [1.54, 1.807) is 12.3 Å². The van der Waals surface area contributed by atoms with E-state index in [1.807, 2.05) is 11.8 Å². The fraction of sp³-hybridized carbons (Fsp3) is 0.429. The minimum atomic E-state index is -0.262. The normalized spacial score (nSPS) is 23.9. The molecule has 3 unspecified atom stereocenters. The fourth-order valence-corrected chi connectivity index (χ4v) is 3.76. The highest BCUT2D eigenvalue weighted by atomic mass is 127. The molecule has 0 bridgehead atoms. The summed E-state index contributed by atoms with van der Waals surface area (Å²) < 4.78 is 14.0. The molecule has 150 valence electrons. The van der Waals surface area contributed by atoms with Gasteiger partial charge in [-0.25, -0.2) is 9.37 Å². The molecule has 1 saturated carbocycles. The number of hydrogen-bond donors (Lipinski definition) is 2. The first kappa shape index (κ1) is 20.8. The van der Waals surface area contributed by atoms with Crippen LogP contribution in [0.3, 0.4) is 0 Å². The summed E-state index contributed by atoms with van der Waals surface area (Å²) in [6.45, 7) is 4.28. The summed E-state index contributed by atoms with van der Waals surface area (Å²) in [5.74, 6) is 1.59. The van der Waals surface area contributed by atoms with Crippen molar-refractivity contribution in [3.8, 4) is 0 Å². The van der Waals surface area contributed by atoms with Gasteiger partial charge in [-0.15, -0.1) is 24.0 Å².